The Labute approximate surface area is 369 Å². The first-order valence-corrected chi connectivity index (χ1v) is 25.3. The first kappa shape index (κ1) is 57.3. The van der Waals surface area contributed by atoms with Gasteiger partial charge < -0.3 is 40.3 Å². The highest BCUT2D eigenvalue weighted by Gasteiger charge is 2.48. The molecule has 1 fully saturated rings. The number of allylic oxidation sites excluding steroid dienone is 5. The van der Waals surface area contributed by atoms with Gasteiger partial charge >= 0.3 is 10.4 Å². The molecule has 1 rings (SSSR count). The van der Waals surface area contributed by atoms with Crippen LogP contribution in [0.3, 0.4) is 0 Å². The molecule has 0 aromatic heterocycles. The van der Waals surface area contributed by atoms with E-state index in [1.165, 1.54) is 102 Å². The van der Waals surface area contributed by atoms with E-state index in [4.69, 9.17) is 14.0 Å². The molecule has 13 nitrogen and oxygen atoms in total. The largest absolute Gasteiger partial charge is 0.397 e. The molecule has 0 bridgehead atoms. The lowest BCUT2D eigenvalue weighted by Gasteiger charge is -2.41. The summed E-state index contributed by atoms with van der Waals surface area (Å²) < 4.78 is 47.4. The number of hydrogen-bond acceptors (Lipinski definition) is 11. The van der Waals surface area contributed by atoms with E-state index in [1.807, 2.05) is 6.08 Å². The average molecular weight is 890 g/mol. The number of amides is 1. The van der Waals surface area contributed by atoms with Crippen LogP contribution >= 0.6 is 0 Å². The number of aliphatic hydroxyl groups is 5. The van der Waals surface area contributed by atoms with Gasteiger partial charge in [0, 0.05) is 0 Å². The molecular weight excluding hydrogens is 803 g/mol. The molecule has 0 aromatic rings. The SMILES string of the molecule is CCCCCCCCCC/C=C/C(O)C(COC1OC(CO)C(O)C(OS(=O)(=O)O)C1O)NC(=O)C(O)CCCCCCCC/C=C\C/C=C\CCCCCCCCCCC. The van der Waals surface area contributed by atoms with Crippen molar-refractivity contribution in [3.05, 3.63) is 36.5 Å². The Morgan fingerprint density at radius 1 is 0.672 bits per heavy atom. The zero-order valence-electron chi connectivity index (χ0n) is 37.8. The van der Waals surface area contributed by atoms with E-state index in [0.717, 1.165) is 64.2 Å². The number of rotatable bonds is 40. The first-order chi connectivity index (χ1) is 29.4. The highest BCUT2D eigenvalue weighted by molar-refractivity contribution is 7.80. The molecule has 0 radical (unpaired) electrons. The van der Waals surface area contributed by atoms with Gasteiger partial charge in [0.1, 0.15) is 30.5 Å². The van der Waals surface area contributed by atoms with Crippen LogP contribution in [0, 0.1) is 0 Å². The fraction of sp³-hybridized carbons (Fsp3) is 0.851. The standard InChI is InChI=1S/C47H87NO12S/c1-3-5-7-9-11-13-15-16-17-18-19-20-21-22-23-24-25-26-28-30-32-34-36-41(51)46(54)48-39(40(50)35-33-31-29-27-14-12-10-8-6-4-2)38-58-47-44(53)45(60-61(55,56)57)43(52)42(37-49)59-47/h19-20,22-23,33,35,39-45,47,49-53H,3-18,21,24-32,34,36-38H2,1-2H3,(H,48,54)(H,55,56,57)/b20-19-,23-22-,35-33+. The minimum absolute atomic E-state index is 0.230. The summed E-state index contributed by atoms with van der Waals surface area (Å²) in [6.07, 6.45) is 32.4. The Balaban J connectivity index is 2.48. The zero-order valence-corrected chi connectivity index (χ0v) is 38.7. The Hall–Kier alpha value is -1.72. The van der Waals surface area contributed by atoms with Crippen LogP contribution in [0.2, 0.25) is 0 Å². The van der Waals surface area contributed by atoms with Gasteiger partial charge in [-0.2, -0.15) is 8.42 Å². The normalized spacial score (nSPS) is 21.5. The smallest absolute Gasteiger partial charge is 0.394 e. The second-order valence-corrected chi connectivity index (χ2v) is 17.9. The van der Waals surface area contributed by atoms with Crippen LogP contribution in [0.1, 0.15) is 194 Å². The summed E-state index contributed by atoms with van der Waals surface area (Å²) in [5.74, 6) is -0.712. The third-order valence-corrected chi connectivity index (χ3v) is 11.7. The van der Waals surface area contributed by atoms with Crippen LogP contribution in [-0.2, 0) is 28.9 Å². The summed E-state index contributed by atoms with van der Waals surface area (Å²) in [4.78, 5) is 13.1. The number of aliphatic hydroxyl groups excluding tert-OH is 5. The summed E-state index contributed by atoms with van der Waals surface area (Å²) in [5.41, 5.74) is 0. The minimum Gasteiger partial charge on any atom is -0.394 e. The maximum absolute atomic E-state index is 13.1. The van der Waals surface area contributed by atoms with E-state index in [9.17, 15) is 38.7 Å². The molecular formula is C47H87NO12S. The van der Waals surface area contributed by atoms with Crippen molar-refractivity contribution in [2.24, 2.45) is 0 Å². The Bertz CT molecular complexity index is 1250. The number of nitrogens with one attached hydrogen (secondary N) is 1. The van der Waals surface area contributed by atoms with Crippen LogP contribution in [0.15, 0.2) is 36.5 Å². The summed E-state index contributed by atoms with van der Waals surface area (Å²) >= 11 is 0. The molecule has 1 aliphatic rings. The molecule has 7 N–H and O–H groups in total. The molecule has 1 heterocycles. The van der Waals surface area contributed by atoms with Gasteiger partial charge in [-0.25, -0.2) is 4.18 Å². The molecule has 61 heavy (non-hydrogen) atoms. The van der Waals surface area contributed by atoms with E-state index >= 15 is 0 Å². The van der Waals surface area contributed by atoms with E-state index in [1.54, 1.807) is 0 Å². The number of unbranched alkanes of at least 4 members (excludes halogenated alkanes) is 23. The van der Waals surface area contributed by atoms with Gasteiger partial charge in [-0.3, -0.25) is 9.35 Å². The van der Waals surface area contributed by atoms with Gasteiger partial charge in [0.15, 0.2) is 6.29 Å². The van der Waals surface area contributed by atoms with Gasteiger partial charge in [-0.15, -0.1) is 0 Å². The molecule has 14 heteroatoms. The second kappa shape index (κ2) is 37.6. The quantitative estimate of drug-likeness (QED) is 0.0175. The molecule has 1 amide bonds. The van der Waals surface area contributed by atoms with Crippen LogP contribution in [0.5, 0.6) is 0 Å². The highest BCUT2D eigenvalue weighted by atomic mass is 32.3. The van der Waals surface area contributed by atoms with Gasteiger partial charge in [0.2, 0.25) is 5.91 Å². The lowest BCUT2D eigenvalue weighted by Crippen LogP contribution is -2.61. The highest BCUT2D eigenvalue weighted by Crippen LogP contribution is 2.26. The van der Waals surface area contributed by atoms with Crippen LogP contribution in [0.4, 0.5) is 0 Å². The Morgan fingerprint density at radius 2 is 1.13 bits per heavy atom. The van der Waals surface area contributed by atoms with E-state index in [-0.39, 0.29) is 6.42 Å². The third kappa shape index (κ3) is 30.1. The fourth-order valence-electron chi connectivity index (χ4n) is 7.43. The molecule has 1 saturated heterocycles. The van der Waals surface area contributed by atoms with Gasteiger partial charge in [-0.1, -0.05) is 179 Å². The van der Waals surface area contributed by atoms with Crippen molar-refractivity contribution < 1.29 is 57.0 Å². The van der Waals surface area contributed by atoms with Crippen LogP contribution in [-0.4, -0.2) is 107 Å². The van der Waals surface area contributed by atoms with Crippen molar-refractivity contribution in [2.45, 2.75) is 243 Å². The van der Waals surface area contributed by atoms with Crippen molar-refractivity contribution in [3.8, 4) is 0 Å². The minimum atomic E-state index is -5.12. The van der Waals surface area contributed by atoms with Crippen molar-refractivity contribution in [1.29, 1.82) is 0 Å². The molecule has 8 atom stereocenters. The molecule has 1 aliphatic heterocycles. The van der Waals surface area contributed by atoms with E-state index in [2.05, 4.69) is 47.7 Å². The van der Waals surface area contributed by atoms with Gasteiger partial charge in [0.25, 0.3) is 0 Å². The number of ether oxygens (including phenoxy) is 2. The van der Waals surface area contributed by atoms with Crippen molar-refractivity contribution >= 4 is 16.3 Å². The Morgan fingerprint density at radius 3 is 1.61 bits per heavy atom. The topological polar surface area (TPSA) is 212 Å². The van der Waals surface area contributed by atoms with Crippen molar-refractivity contribution in [3.63, 3.8) is 0 Å². The number of carbonyl (C=O) groups excluding carboxylic acids is 1. The molecule has 0 spiro atoms. The fourth-order valence-corrected chi connectivity index (χ4v) is 7.94. The lowest BCUT2D eigenvalue weighted by molar-refractivity contribution is -0.298. The summed E-state index contributed by atoms with van der Waals surface area (Å²) in [5, 5.41) is 55.1. The number of hydrogen-bond donors (Lipinski definition) is 7. The molecule has 0 aromatic carbocycles. The summed E-state index contributed by atoms with van der Waals surface area (Å²) in [7, 11) is -5.12. The van der Waals surface area contributed by atoms with E-state index in [0.29, 0.717) is 12.8 Å². The maximum Gasteiger partial charge on any atom is 0.397 e. The van der Waals surface area contributed by atoms with Crippen molar-refractivity contribution in [2.75, 3.05) is 13.2 Å². The van der Waals surface area contributed by atoms with E-state index < -0.39 is 78.5 Å². The monoisotopic (exact) mass is 890 g/mol. The van der Waals surface area contributed by atoms with Gasteiger partial charge in [0.05, 0.1) is 25.4 Å². The first-order valence-electron chi connectivity index (χ1n) is 24.0. The van der Waals surface area contributed by atoms with Gasteiger partial charge in [-0.05, 0) is 51.4 Å². The third-order valence-electron chi connectivity index (χ3n) is 11.3. The van der Waals surface area contributed by atoms with Crippen LogP contribution < -0.4 is 5.32 Å². The zero-order chi connectivity index (χ0) is 45.0. The van der Waals surface area contributed by atoms with Crippen LogP contribution in [0.25, 0.3) is 0 Å². The molecule has 0 saturated carbocycles. The molecule has 0 aliphatic carbocycles. The maximum atomic E-state index is 13.1. The predicted octanol–water partition coefficient (Wildman–Crippen LogP) is 8.47. The summed E-state index contributed by atoms with van der Waals surface area (Å²) in [6.45, 7) is 3.18. The second-order valence-electron chi connectivity index (χ2n) is 16.8. The summed E-state index contributed by atoms with van der Waals surface area (Å²) in [6, 6.07) is -1.12. The Kier molecular flexibility index (Phi) is 35.4. The predicted molar refractivity (Wildman–Crippen MR) is 242 cm³/mol. The molecule has 8 unspecified atom stereocenters. The lowest BCUT2D eigenvalue weighted by atomic mass is 9.99. The number of carbonyl (C=O) groups is 1. The van der Waals surface area contributed by atoms with Crippen molar-refractivity contribution in [1.82, 2.24) is 5.32 Å². The average Bonchev–Trinajstić information content (AvgIpc) is 3.23. The molecule has 358 valence electrons.